The van der Waals surface area contributed by atoms with Crippen molar-refractivity contribution >= 4 is 17.6 Å². The van der Waals surface area contributed by atoms with Gasteiger partial charge in [0, 0.05) is 17.9 Å². The molecule has 3 aliphatic carbocycles. The third kappa shape index (κ3) is 3.28. The van der Waals surface area contributed by atoms with Gasteiger partial charge in [-0.15, -0.1) is 0 Å². The molecule has 3 saturated carbocycles. The Morgan fingerprint density at radius 1 is 1.16 bits per heavy atom. The molecule has 4 rings (SSSR count). The van der Waals surface area contributed by atoms with E-state index in [1.807, 2.05) is 32.9 Å². The molecule has 3 fully saturated rings. The maximum absolute atomic E-state index is 12.6. The van der Waals surface area contributed by atoms with Gasteiger partial charge >= 0.3 is 5.97 Å². The molecule has 1 aromatic carbocycles. The molecule has 0 saturated heterocycles. The first kappa shape index (κ1) is 17.2. The average Bonchev–Trinajstić information content (AvgIpc) is 3.17. The van der Waals surface area contributed by atoms with Crippen LogP contribution >= 0.6 is 11.6 Å². The van der Waals surface area contributed by atoms with Crippen molar-refractivity contribution in [1.82, 2.24) is 0 Å². The fourth-order valence-electron chi connectivity index (χ4n) is 4.27. The highest BCUT2D eigenvalue weighted by Gasteiger charge is 2.56. The van der Waals surface area contributed by atoms with Crippen LogP contribution in [0.1, 0.15) is 77.2 Å². The van der Waals surface area contributed by atoms with Crippen LogP contribution in [0.25, 0.3) is 0 Å². The third-order valence-corrected chi connectivity index (χ3v) is 6.20. The van der Waals surface area contributed by atoms with Gasteiger partial charge in [-0.05, 0) is 75.5 Å². The molecular weight excluding hydrogens is 336 g/mol. The van der Waals surface area contributed by atoms with Gasteiger partial charge in [0.05, 0.1) is 0 Å². The highest BCUT2D eigenvalue weighted by atomic mass is 35.5. The number of ether oxygens (including phenoxy) is 2. The molecule has 0 aliphatic heterocycles. The molecule has 136 valence electrons. The first-order valence-electron chi connectivity index (χ1n) is 9.42. The Morgan fingerprint density at radius 2 is 1.84 bits per heavy atom. The van der Waals surface area contributed by atoms with Crippen molar-refractivity contribution in [3.8, 4) is 5.75 Å². The van der Waals surface area contributed by atoms with Gasteiger partial charge < -0.3 is 9.47 Å². The van der Waals surface area contributed by atoms with Crippen molar-refractivity contribution in [1.29, 1.82) is 0 Å². The lowest BCUT2D eigenvalue weighted by Crippen LogP contribution is -2.42. The molecule has 25 heavy (non-hydrogen) atoms. The average molecular weight is 363 g/mol. The molecule has 0 unspecified atom stereocenters. The van der Waals surface area contributed by atoms with Crippen molar-refractivity contribution < 1.29 is 14.3 Å². The van der Waals surface area contributed by atoms with Crippen molar-refractivity contribution in [3.63, 3.8) is 0 Å². The van der Waals surface area contributed by atoms with Gasteiger partial charge in [-0.25, -0.2) is 4.79 Å². The number of esters is 1. The van der Waals surface area contributed by atoms with Gasteiger partial charge in [0.1, 0.15) is 11.4 Å². The summed E-state index contributed by atoms with van der Waals surface area (Å²) in [6, 6.07) is 5.88. The van der Waals surface area contributed by atoms with Crippen molar-refractivity contribution in [3.05, 3.63) is 28.8 Å². The smallest absolute Gasteiger partial charge is 0.351 e. The number of hydrogen-bond donors (Lipinski definition) is 0. The van der Waals surface area contributed by atoms with Crippen LogP contribution in [0.2, 0.25) is 5.02 Å². The van der Waals surface area contributed by atoms with E-state index >= 15 is 0 Å². The summed E-state index contributed by atoms with van der Waals surface area (Å²) >= 11 is 6.22. The van der Waals surface area contributed by atoms with Crippen LogP contribution < -0.4 is 4.74 Å². The number of rotatable bonds is 4. The van der Waals surface area contributed by atoms with E-state index in [2.05, 4.69) is 6.07 Å². The minimum absolute atomic E-state index is 0.255. The van der Waals surface area contributed by atoms with Crippen LogP contribution in [-0.4, -0.2) is 17.2 Å². The van der Waals surface area contributed by atoms with E-state index in [0.717, 1.165) is 5.75 Å². The monoisotopic (exact) mass is 362 g/mol. The van der Waals surface area contributed by atoms with Crippen LogP contribution in [0, 0.1) is 5.41 Å². The zero-order valence-electron chi connectivity index (χ0n) is 15.4. The number of halogens is 1. The Morgan fingerprint density at radius 3 is 2.36 bits per heavy atom. The molecule has 0 N–H and O–H groups in total. The summed E-state index contributed by atoms with van der Waals surface area (Å²) in [5.74, 6) is 1.05. The van der Waals surface area contributed by atoms with Gasteiger partial charge in [0.25, 0.3) is 0 Å². The van der Waals surface area contributed by atoms with E-state index in [-0.39, 0.29) is 5.97 Å². The maximum atomic E-state index is 12.6. The summed E-state index contributed by atoms with van der Waals surface area (Å²) in [5.41, 5.74) is 0.489. The third-order valence-electron chi connectivity index (χ3n) is 5.97. The van der Waals surface area contributed by atoms with Crippen molar-refractivity contribution in [2.45, 2.75) is 82.8 Å². The van der Waals surface area contributed by atoms with Gasteiger partial charge in [-0.3, -0.25) is 0 Å². The summed E-state index contributed by atoms with van der Waals surface area (Å²) < 4.78 is 11.8. The second kappa shape index (κ2) is 5.64. The van der Waals surface area contributed by atoms with Gasteiger partial charge in [0.2, 0.25) is 5.60 Å². The van der Waals surface area contributed by atoms with Crippen molar-refractivity contribution in [2.75, 3.05) is 0 Å². The fraction of sp³-hybridized carbons (Fsp3) is 0.667. The summed E-state index contributed by atoms with van der Waals surface area (Å²) in [4.78, 5) is 12.6. The van der Waals surface area contributed by atoms with Gasteiger partial charge in [-0.2, -0.15) is 0 Å². The van der Waals surface area contributed by atoms with Crippen LogP contribution in [0.3, 0.4) is 0 Å². The lowest BCUT2D eigenvalue weighted by atomic mass is 9.50. The summed E-state index contributed by atoms with van der Waals surface area (Å²) in [6.07, 6.45) is 8.02. The summed E-state index contributed by atoms with van der Waals surface area (Å²) in [5, 5.41) is 0.649. The number of benzene rings is 1. The minimum atomic E-state index is -0.815. The molecule has 3 nitrogen and oxygen atoms in total. The zero-order valence-corrected chi connectivity index (χ0v) is 16.1. The molecule has 0 amide bonds. The molecule has 1 spiro atoms. The second-order valence-electron chi connectivity index (χ2n) is 9.24. The molecular formula is C21H27ClO3. The molecule has 0 atom stereocenters. The van der Waals surface area contributed by atoms with E-state index in [1.165, 1.54) is 37.7 Å². The number of carbonyl (C=O) groups excluding carboxylic acids is 1. The standard InChI is InChI=1S/C21H27ClO3/c1-19(2,3)25-18(23)21(9-10-21)24-17-11-15(22)5-6-16(17)14-12-20(13-14)7-4-8-20/h5-6,11,14H,4,7-10,12-13H2,1-3H3. The molecule has 0 radical (unpaired) electrons. The van der Waals surface area contributed by atoms with Crippen LogP contribution in [0.5, 0.6) is 5.75 Å². The van der Waals surface area contributed by atoms with Gasteiger partial charge in [-0.1, -0.05) is 24.1 Å². The van der Waals surface area contributed by atoms with E-state index < -0.39 is 11.2 Å². The summed E-state index contributed by atoms with van der Waals surface area (Å²) in [7, 11) is 0. The molecule has 1 aromatic rings. The van der Waals surface area contributed by atoms with E-state index in [4.69, 9.17) is 21.1 Å². The SMILES string of the molecule is CC(C)(C)OC(=O)C1(Oc2cc(Cl)ccc2C2CC3(CCC3)C2)CC1. The predicted octanol–water partition coefficient (Wildman–Crippen LogP) is 5.64. The van der Waals surface area contributed by atoms with E-state index in [9.17, 15) is 4.79 Å². The maximum Gasteiger partial charge on any atom is 0.351 e. The van der Waals surface area contributed by atoms with Crippen molar-refractivity contribution in [2.24, 2.45) is 5.41 Å². The lowest BCUT2D eigenvalue weighted by molar-refractivity contribution is -0.165. The van der Waals surface area contributed by atoms with Crippen LogP contribution in [-0.2, 0) is 9.53 Å². The molecule has 4 heteroatoms. The Bertz CT molecular complexity index is 688. The Kier molecular flexibility index (Phi) is 3.88. The highest BCUT2D eigenvalue weighted by Crippen LogP contribution is 2.63. The second-order valence-corrected chi connectivity index (χ2v) is 9.68. The summed E-state index contributed by atoms with van der Waals surface area (Å²) in [6.45, 7) is 5.66. The minimum Gasteiger partial charge on any atom is -0.475 e. The molecule has 3 aliphatic rings. The number of carbonyl (C=O) groups is 1. The number of hydrogen-bond acceptors (Lipinski definition) is 3. The fourth-order valence-corrected chi connectivity index (χ4v) is 4.43. The molecule has 0 bridgehead atoms. The lowest BCUT2D eigenvalue weighted by Gasteiger charge is -2.54. The largest absolute Gasteiger partial charge is 0.475 e. The predicted molar refractivity (Wildman–Crippen MR) is 98.1 cm³/mol. The molecule has 0 heterocycles. The first-order valence-corrected chi connectivity index (χ1v) is 9.80. The van der Waals surface area contributed by atoms with E-state index in [1.54, 1.807) is 0 Å². The first-order chi connectivity index (χ1) is 11.7. The Labute approximate surface area is 155 Å². The van der Waals surface area contributed by atoms with Crippen LogP contribution in [0.4, 0.5) is 0 Å². The zero-order chi connectivity index (χ0) is 17.9. The quantitative estimate of drug-likeness (QED) is 0.650. The topological polar surface area (TPSA) is 35.5 Å². The Balaban J connectivity index is 1.52. The van der Waals surface area contributed by atoms with E-state index in [0.29, 0.717) is 29.2 Å². The molecule has 0 aromatic heterocycles. The highest BCUT2D eigenvalue weighted by molar-refractivity contribution is 6.30. The van der Waals surface area contributed by atoms with Gasteiger partial charge in [0.15, 0.2) is 0 Å². The Hall–Kier alpha value is -1.22. The van der Waals surface area contributed by atoms with Crippen LogP contribution in [0.15, 0.2) is 18.2 Å². The normalized spacial score (nSPS) is 23.5.